The molecule has 0 unspecified atom stereocenters. The first kappa shape index (κ1) is 12.6. The maximum absolute atomic E-state index is 5.70. The van der Waals surface area contributed by atoms with Gasteiger partial charge in [0.2, 0.25) is 0 Å². The van der Waals surface area contributed by atoms with E-state index in [4.69, 9.17) is 14.9 Å². The lowest BCUT2D eigenvalue weighted by Crippen LogP contribution is -2.47. The van der Waals surface area contributed by atoms with Crippen LogP contribution in [-0.2, 0) is 17.8 Å². The molecule has 2 heterocycles. The molecule has 0 bridgehead atoms. The third-order valence-corrected chi connectivity index (χ3v) is 3.17. The molecule has 0 radical (unpaired) electrons. The Morgan fingerprint density at radius 3 is 2.82 bits per heavy atom. The fourth-order valence-electron chi connectivity index (χ4n) is 2.34. The van der Waals surface area contributed by atoms with E-state index in [1.807, 2.05) is 6.92 Å². The van der Waals surface area contributed by atoms with Gasteiger partial charge in [-0.15, -0.1) is 0 Å². The summed E-state index contributed by atoms with van der Waals surface area (Å²) in [5.74, 6) is 1.85. The lowest BCUT2D eigenvalue weighted by atomic mass is 10.1. The van der Waals surface area contributed by atoms with Crippen molar-refractivity contribution in [3.63, 3.8) is 0 Å². The fraction of sp³-hybridized carbons (Fsp3) is 0.692. The predicted molar refractivity (Wildman–Crippen MR) is 66.6 cm³/mol. The first-order valence-electron chi connectivity index (χ1n) is 6.15. The van der Waals surface area contributed by atoms with Gasteiger partial charge in [0, 0.05) is 25.2 Å². The molecule has 4 nitrogen and oxygen atoms in total. The molecule has 2 rings (SSSR count). The van der Waals surface area contributed by atoms with Crippen LogP contribution < -0.4 is 5.73 Å². The average Bonchev–Trinajstić information content (AvgIpc) is 2.58. The molecule has 0 atom stereocenters. The molecule has 1 saturated heterocycles. The first-order chi connectivity index (χ1) is 8.00. The standard InChI is InChI=1S/C13H22N2O2/c1-10-11(6-12(7-14)17-10)8-15-4-5-16-13(2,3)9-15/h6H,4-5,7-9,14H2,1-3H3. The number of morpholine rings is 1. The Balaban J connectivity index is 2.02. The zero-order valence-electron chi connectivity index (χ0n) is 11.0. The van der Waals surface area contributed by atoms with Gasteiger partial charge in [0.05, 0.1) is 18.8 Å². The molecule has 2 N–H and O–H groups in total. The van der Waals surface area contributed by atoms with Gasteiger partial charge >= 0.3 is 0 Å². The molecule has 17 heavy (non-hydrogen) atoms. The summed E-state index contributed by atoms with van der Waals surface area (Å²) in [6.07, 6.45) is 0. The molecule has 96 valence electrons. The number of rotatable bonds is 3. The van der Waals surface area contributed by atoms with Crippen LogP contribution in [0, 0.1) is 6.92 Å². The third-order valence-electron chi connectivity index (χ3n) is 3.17. The van der Waals surface area contributed by atoms with E-state index < -0.39 is 0 Å². The SMILES string of the molecule is Cc1oc(CN)cc1CN1CCOC(C)(C)C1. The molecule has 0 saturated carbocycles. The highest BCUT2D eigenvalue weighted by Gasteiger charge is 2.27. The molecular formula is C13H22N2O2. The zero-order chi connectivity index (χ0) is 12.5. The smallest absolute Gasteiger partial charge is 0.118 e. The van der Waals surface area contributed by atoms with Crippen molar-refractivity contribution in [3.05, 3.63) is 23.2 Å². The second-order valence-electron chi connectivity index (χ2n) is 5.32. The highest BCUT2D eigenvalue weighted by Crippen LogP contribution is 2.21. The van der Waals surface area contributed by atoms with Crippen LogP contribution in [-0.4, -0.2) is 30.2 Å². The van der Waals surface area contributed by atoms with Crippen LogP contribution in [0.4, 0.5) is 0 Å². The Kier molecular flexibility index (Phi) is 3.56. The van der Waals surface area contributed by atoms with E-state index in [0.29, 0.717) is 6.54 Å². The molecule has 4 heteroatoms. The van der Waals surface area contributed by atoms with E-state index in [2.05, 4.69) is 24.8 Å². The highest BCUT2D eigenvalue weighted by molar-refractivity contribution is 5.20. The number of aryl methyl sites for hydroxylation is 1. The van der Waals surface area contributed by atoms with Crippen molar-refractivity contribution in [2.75, 3.05) is 19.7 Å². The summed E-state index contributed by atoms with van der Waals surface area (Å²) in [7, 11) is 0. The van der Waals surface area contributed by atoms with Crippen LogP contribution in [0.2, 0.25) is 0 Å². The summed E-state index contributed by atoms with van der Waals surface area (Å²) in [6, 6.07) is 2.07. The Morgan fingerprint density at radius 1 is 1.47 bits per heavy atom. The molecule has 1 aliphatic heterocycles. The molecular weight excluding hydrogens is 216 g/mol. The molecule has 1 aliphatic rings. The van der Waals surface area contributed by atoms with Gasteiger partial charge in [-0.05, 0) is 26.8 Å². The quantitative estimate of drug-likeness (QED) is 0.870. The highest BCUT2D eigenvalue weighted by atomic mass is 16.5. The van der Waals surface area contributed by atoms with Gasteiger partial charge in [0.25, 0.3) is 0 Å². The van der Waals surface area contributed by atoms with E-state index in [0.717, 1.165) is 37.8 Å². The summed E-state index contributed by atoms with van der Waals surface area (Å²) in [5, 5.41) is 0. The molecule has 1 fully saturated rings. The van der Waals surface area contributed by atoms with Gasteiger partial charge in [-0.25, -0.2) is 0 Å². The van der Waals surface area contributed by atoms with E-state index >= 15 is 0 Å². The van der Waals surface area contributed by atoms with Crippen molar-refractivity contribution < 1.29 is 9.15 Å². The second kappa shape index (κ2) is 4.80. The average molecular weight is 238 g/mol. The fourth-order valence-corrected chi connectivity index (χ4v) is 2.34. The van der Waals surface area contributed by atoms with Crippen molar-refractivity contribution in [3.8, 4) is 0 Å². The number of furan rings is 1. The topological polar surface area (TPSA) is 51.6 Å². The molecule has 1 aromatic rings. The van der Waals surface area contributed by atoms with E-state index in [-0.39, 0.29) is 5.60 Å². The molecule has 0 amide bonds. The lowest BCUT2D eigenvalue weighted by Gasteiger charge is -2.38. The van der Waals surface area contributed by atoms with E-state index in [1.54, 1.807) is 0 Å². The lowest BCUT2D eigenvalue weighted by molar-refractivity contribution is -0.0883. The summed E-state index contributed by atoms with van der Waals surface area (Å²) in [4.78, 5) is 2.40. The van der Waals surface area contributed by atoms with Crippen LogP contribution in [0.15, 0.2) is 10.5 Å². The summed E-state index contributed by atoms with van der Waals surface area (Å²) >= 11 is 0. The second-order valence-corrected chi connectivity index (χ2v) is 5.32. The minimum absolute atomic E-state index is 0.0490. The van der Waals surface area contributed by atoms with Crippen molar-refractivity contribution in [1.29, 1.82) is 0 Å². The largest absolute Gasteiger partial charge is 0.465 e. The molecule has 0 aliphatic carbocycles. The maximum Gasteiger partial charge on any atom is 0.118 e. The van der Waals surface area contributed by atoms with Crippen molar-refractivity contribution >= 4 is 0 Å². The minimum Gasteiger partial charge on any atom is -0.465 e. The van der Waals surface area contributed by atoms with Crippen molar-refractivity contribution in [1.82, 2.24) is 4.90 Å². The van der Waals surface area contributed by atoms with Gasteiger partial charge in [0.15, 0.2) is 0 Å². The predicted octanol–water partition coefficient (Wildman–Crippen LogP) is 1.66. The number of ether oxygens (including phenoxy) is 1. The van der Waals surface area contributed by atoms with Crippen LogP contribution in [0.3, 0.4) is 0 Å². The van der Waals surface area contributed by atoms with Crippen LogP contribution in [0.25, 0.3) is 0 Å². The van der Waals surface area contributed by atoms with Gasteiger partial charge in [-0.1, -0.05) is 0 Å². The Bertz CT molecular complexity index is 385. The summed E-state index contributed by atoms with van der Waals surface area (Å²) in [6.45, 7) is 10.4. The Labute approximate surface area is 103 Å². The van der Waals surface area contributed by atoms with Crippen molar-refractivity contribution in [2.45, 2.75) is 39.5 Å². The van der Waals surface area contributed by atoms with Crippen LogP contribution in [0.1, 0.15) is 30.9 Å². The Morgan fingerprint density at radius 2 is 2.24 bits per heavy atom. The van der Waals surface area contributed by atoms with Crippen LogP contribution >= 0.6 is 0 Å². The summed E-state index contributed by atoms with van der Waals surface area (Å²) in [5.41, 5.74) is 6.77. The number of nitrogens with two attached hydrogens (primary N) is 1. The van der Waals surface area contributed by atoms with Gasteiger partial charge in [-0.3, -0.25) is 4.90 Å². The van der Waals surface area contributed by atoms with E-state index in [9.17, 15) is 0 Å². The van der Waals surface area contributed by atoms with Crippen molar-refractivity contribution in [2.24, 2.45) is 5.73 Å². The van der Waals surface area contributed by atoms with Gasteiger partial charge in [-0.2, -0.15) is 0 Å². The third kappa shape index (κ3) is 3.09. The van der Waals surface area contributed by atoms with Gasteiger partial charge in [0.1, 0.15) is 11.5 Å². The molecule has 0 aromatic carbocycles. The van der Waals surface area contributed by atoms with Gasteiger partial charge < -0.3 is 14.9 Å². The summed E-state index contributed by atoms with van der Waals surface area (Å²) < 4.78 is 11.3. The first-order valence-corrected chi connectivity index (χ1v) is 6.15. The number of hydrogen-bond donors (Lipinski definition) is 1. The number of hydrogen-bond acceptors (Lipinski definition) is 4. The van der Waals surface area contributed by atoms with Crippen LogP contribution in [0.5, 0.6) is 0 Å². The molecule has 1 aromatic heterocycles. The Hall–Kier alpha value is -0.840. The normalized spacial score (nSPS) is 20.7. The van der Waals surface area contributed by atoms with E-state index in [1.165, 1.54) is 5.56 Å². The molecule has 0 spiro atoms. The maximum atomic E-state index is 5.70. The monoisotopic (exact) mass is 238 g/mol. The zero-order valence-corrected chi connectivity index (χ0v) is 11.0. The number of nitrogens with zero attached hydrogens (tertiary/aromatic N) is 1. The minimum atomic E-state index is -0.0490.